The van der Waals surface area contributed by atoms with E-state index < -0.39 is 0 Å². The van der Waals surface area contributed by atoms with Crippen molar-refractivity contribution < 1.29 is 19.1 Å². The zero-order valence-electron chi connectivity index (χ0n) is 12.3. The molecule has 0 aliphatic rings. The third-order valence-corrected chi connectivity index (χ3v) is 2.74. The van der Waals surface area contributed by atoms with Gasteiger partial charge < -0.3 is 15.4 Å². The van der Waals surface area contributed by atoms with Crippen LogP contribution in [0.3, 0.4) is 0 Å². The molecule has 1 aromatic carbocycles. The van der Waals surface area contributed by atoms with Gasteiger partial charge in [-0.1, -0.05) is 12.1 Å². The third kappa shape index (κ3) is 6.56. The molecule has 6 heteroatoms. The number of hydrogen-bond acceptors (Lipinski definition) is 4. The van der Waals surface area contributed by atoms with Crippen molar-refractivity contribution in [3.63, 3.8) is 0 Å². The highest BCUT2D eigenvalue weighted by molar-refractivity contribution is 5.92. The number of hydrogen-bond donors (Lipinski definition) is 2. The summed E-state index contributed by atoms with van der Waals surface area (Å²) in [4.78, 5) is 34.0. The predicted molar refractivity (Wildman–Crippen MR) is 78.7 cm³/mol. The number of carbonyl (C=O) groups excluding carboxylic acids is 3. The second-order valence-electron chi connectivity index (χ2n) is 4.40. The summed E-state index contributed by atoms with van der Waals surface area (Å²) in [7, 11) is 1.58. The van der Waals surface area contributed by atoms with Crippen LogP contribution in [0.25, 0.3) is 0 Å². The Bertz CT molecular complexity index is 497. The van der Waals surface area contributed by atoms with Gasteiger partial charge in [0.05, 0.1) is 19.4 Å². The fourth-order valence-corrected chi connectivity index (χ4v) is 1.65. The number of ether oxygens (including phenoxy) is 1. The van der Waals surface area contributed by atoms with Gasteiger partial charge >= 0.3 is 5.97 Å². The van der Waals surface area contributed by atoms with E-state index in [9.17, 15) is 14.4 Å². The number of esters is 1. The quantitative estimate of drug-likeness (QED) is 0.741. The molecule has 6 nitrogen and oxygen atoms in total. The molecule has 0 aliphatic carbocycles. The number of likely N-dealkylation sites (N-methyl/N-ethyl adjacent to an activating group) is 1. The molecule has 0 radical (unpaired) electrons. The lowest BCUT2D eigenvalue weighted by Crippen LogP contribution is -2.19. The van der Waals surface area contributed by atoms with Crippen LogP contribution in [-0.4, -0.2) is 31.4 Å². The van der Waals surface area contributed by atoms with Crippen molar-refractivity contribution in [1.29, 1.82) is 0 Å². The van der Waals surface area contributed by atoms with Gasteiger partial charge in [0, 0.05) is 19.2 Å². The SMILES string of the molecule is CCOC(=O)CCC(=O)Nc1ccc(CC(=O)NC)cc1. The first kappa shape index (κ1) is 16.7. The van der Waals surface area contributed by atoms with Crippen molar-refractivity contribution in [2.75, 3.05) is 19.0 Å². The number of carbonyl (C=O) groups is 3. The van der Waals surface area contributed by atoms with Gasteiger partial charge in [-0.15, -0.1) is 0 Å². The maximum absolute atomic E-state index is 11.6. The largest absolute Gasteiger partial charge is 0.466 e. The van der Waals surface area contributed by atoms with Crippen LogP contribution >= 0.6 is 0 Å². The average molecular weight is 292 g/mol. The Labute approximate surface area is 123 Å². The Hall–Kier alpha value is -2.37. The molecule has 0 bridgehead atoms. The third-order valence-electron chi connectivity index (χ3n) is 2.74. The summed E-state index contributed by atoms with van der Waals surface area (Å²) >= 11 is 0. The van der Waals surface area contributed by atoms with Crippen LogP contribution in [0.2, 0.25) is 0 Å². The van der Waals surface area contributed by atoms with Gasteiger partial charge in [-0.05, 0) is 24.6 Å². The highest BCUT2D eigenvalue weighted by Gasteiger charge is 2.08. The first-order valence-electron chi connectivity index (χ1n) is 6.80. The maximum atomic E-state index is 11.6. The lowest BCUT2D eigenvalue weighted by atomic mass is 10.1. The molecule has 0 heterocycles. The summed E-state index contributed by atoms with van der Waals surface area (Å²) in [5.41, 5.74) is 1.49. The minimum Gasteiger partial charge on any atom is -0.466 e. The Morgan fingerprint density at radius 2 is 1.71 bits per heavy atom. The molecule has 2 amide bonds. The fraction of sp³-hybridized carbons (Fsp3) is 0.400. The molecular formula is C15H20N2O4. The minimum absolute atomic E-state index is 0.0639. The normalized spacial score (nSPS) is 9.81. The number of nitrogens with one attached hydrogen (secondary N) is 2. The second-order valence-corrected chi connectivity index (χ2v) is 4.40. The Balaban J connectivity index is 2.42. The number of amides is 2. The Kier molecular flexibility index (Phi) is 6.94. The highest BCUT2D eigenvalue weighted by atomic mass is 16.5. The summed E-state index contributed by atoms with van der Waals surface area (Å²) in [5, 5.41) is 5.23. The predicted octanol–water partition coefficient (Wildman–Crippen LogP) is 1.26. The van der Waals surface area contributed by atoms with Crippen molar-refractivity contribution in [2.45, 2.75) is 26.2 Å². The first-order chi connectivity index (χ1) is 10.0. The van der Waals surface area contributed by atoms with E-state index in [-0.39, 0.29) is 30.6 Å². The fourth-order valence-electron chi connectivity index (χ4n) is 1.65. The van der Waals surface area contributed by atoms with E-state index in [1.807, 2.05) is 0 Å². The van der Waals surface area contributed by atoms with Crippen LogP contribution in [0.15, 0.2) is 24.3 Å². The Morgan fingerprint density at radius 3 is 2.29 bits per heavy atom. The zero-order chi connectivity index (χ0) is 15.7. The molecule has 114 valence electrons. The van der Waals surface area contributed by atoms with E-state index in [4.69, 9.17) is 4.74 Å². The van der Waals surface area contributed by atoms with Crippen molar-refractivity contribution in [2.24, 2.45) is 0 Å². The van der Waals surface area contributed by atoms with Gasteiger partial charge in [0.15, 0.2) is 0 Å². The van der Waals surface area contributed by atoms with Crippen molar-refractivity contribution in [1.82, 2.24) is 5.32 Å². The number of rotatable bonds is 7. The van der Waals surface area contributed by atoms with Gasteiger partial charge in [-0.3, -0.25) is 14.4 Å². The van der Waals surface area contributed by atoms with Crippen LogP contribution < -0.4 is 10.6 Å². The standard InChI is InChI=1S/C15H20N2O4/c1-3-21-15(20)9-8-13(18)17-12-6-4-11(5-7-12)10-14(19)16-2/h4-7H,3,8-10H2,1-2H3,(H,16,19)(H,17,18). The van der Waals surface area contributed by atoms with Crippen molar-refractivity contribution in [3.8, 4) is 0 Å². The van der Waals surface area contributed by atoms with Crippen molar-refractivity contribution in [3.05, 3.63) is 29.8 Å². The lowest BCUT2D eigenvalue weighted by Gasteiger charge is -2.06. The van der Waals surface area contributed by atoms with E-state index in [2.05, 4.69) is 10.6 Å². The molecule has 1 rings (SSSR count). The smallest absolute Gasteiger partial charge is 0.306 e. The summed E-state index contributed by atoms with van der Waals surface area (Å²) in [5.74, 6) is -0.697. The van der Waals surface area contributed by atoms with Crippen LogP contribution in [-0.2, 0) is 25.5 Å². The molecule has 1 aromatic rings. The van der Waals surface area contributed by atoms with Gasteiger partial charge in [0.25, 0.3) is 0 Å². The monoisotopic (exact) mass is 292 g/mol. The van der Waals surface area contributed by atoms with Crippen LogP contribution in [0.1, 0.15) is 25.3 Å². The summed E-state index contributed by atoms with van der Waals surface area (Å²) < 4.78 is 4.75. The zero-order valence-corrected chi connectivity index (χ0v) is 12.3. The van der Waals surface area contributed by atoms with Crippen LogP contribution in [0.5, 0.6) is 0 Å². The summed E-state index contributed by atoms with van der Waals surface area (Å²) in [6.07, 6.45) is 0.445. The van der Waals surface area contributed by atoms with Gasteiger partial charge in [-0.2, -0.15) is 0 Å². The van der Waals surface area contributed by atoms with Gasteiger partial charge in [0.1, 0.15) is 0 Å². The molecule has 0 fully saturated rings. The molecule has 0 saturated heterocycles. The number of anilines is 1. The second kappa shape index (κ2) is 8.73. The Morgan fingerprint density at radius 1 is 1.05 bits per heavy atom. The van der Waals surface area contributed by atoms with E-state index >= 15 is 0 Å². The number of benzene rings is 1. The van der Waals surface area contributed by atoms with Gasteiger partial charge in [0.2, 0.25) is 11.8 Å². The molecule has 0 unspecified atom stereocenters. The van der Waals surface area contributed by atoms with Crippen LogP contribution in [0, 0.1) is 0 Å². The van der Waals surface area contributed by atoms with E-state index in [1.165, 1.54) is 0 Å². The van der Waals surface area contributed by atoms with E-state index in [0.29, 0.717) is 18.7 Å². The molecule has 0 aromatic heterocycles. The molecule has 0 spiro atoms. The average Bonchev–Trinajstić information content (AvgIpc) is 2.47. The highest BCUT2D eigenvalue weighted by Crippen LogP contribution is 2.11. The van der Waals surface area contributed by atoms with Crippen molar-refractivity contribution >= 4 is 23.5 Å². The first-order valence-corrected chi connectivity index (χ1v) is 6.80. The topological polar surface area (TPSA) is 84.5 Å². The molecule has 21 heavy (non-hydrogen) atoms. The molecular weight excluding hydrogens is 272 g/mol. The summed E-state index contributed by atoms with van der Waals surface area (Å²) in [6, 6.07) is 6.99. The molecule has 0 aliphatic heterocycles. The van der Waals surface area contributed by atoms with Crippen LogP contribution in [0.4, 0.5) is 5.69 Å². The van der Waals surface area contributed by atoms with Gasteiger partial charge in [-0.25, -0.2) is 0 Å². The molecule has 2 N–H and O–H groups in total. The minimum atomic E-state index is -0.381. The molecule has 0 atom stereocenters. The van der Waals surface area contributed by atoms with E-state index in [1.54, 1.807) is 38.2 Å². The molecule has 0 saturated carbocycles. The maximum Gasteiger partial charge on any atom is 0.306 e. The lowest BCUT2D eigenvalue weighted by molar-refractivity contribution is -0.144. The van der Waals surface area contributed by atoms with E-state index in [0.717, 1.165) is 5.56 Å². The summed E-state index contributed by atoms with van der Waals surface area (Å²) in [6.45, 7) is 2.03.